The molecule has 3 rings (SSSR count). The molecule has 1 aromatic heterocycles. The van der Waals surface area contributed by atoms with Crippen molar-refractivity contribution in [1.82, 2.24) is 9.29 Å². The highest BCUT2D eigenvalue weighted by Gasteiger charge is 2.31. The molecule has 0 radical (unpaired) electrons. The summed E-state index contributed by atoms with van der Waals surface area (Å²) < 4.78 is 89.3. The number of halogens is 3. The minimum Gasteiger partial charge on any atom is -0.355 e. The van der Waals surface area contributed by atoms with Crippen molar-refractivity contribution in [1.29, 1.82) is 0 Å². The number of sulfonamides is 1. The van der Waals surface area contributed by atoms with E-state index >= 15 is 0 Å². The summed E-state index contributed by atoms with van der Waals surface area (Å²) >= 11 is 0. The highest BCUT2D eigenvalue weighted by Crippen LogP contribution is 2.29. The fourth-order valence-electron chi connectivity index (χ4n) is 3.24. The molecule has 1 aliphatic rings. The van der Waals surface area contributed by atoms with Crippen LogP contribution in [0.2, 0.25) is 0 Å². The second kappa shape index (κ2) is 8.75. The molecule has 2 aromatic rings. The van der Waals surface area contributed by atoms with E-state index in [0.29, 0.717) is 18.8 Å². The topological polar surface area (TPSA) is 87.6 Å². The molecular formula is C19H22F3N3O4S2. The Bertz CT molecular complexity index is 1120. The van der Waals surface area contributed by atoms with Crippen molar-refractivity contribution < 1.29 is 30.0 Å². The summed E-state index contributed by atoms with van der Waals surface area (Å²) in [6.07, 6.45) is -3.24. The van der Waals surface area contributed by atoms with Crippen molar-refractivity contribution >= 4 is 25.7 Å². The Hall–Kier alpha value is -2.18. The highest BCUT2D eigenvalue weighted by molar-refractivity contribution is 7.91. The second-order valence-electron chi connectivity index (χ2n) is 7.02. The minimum absolute atomic E-state index is 0.0105. The van der Waals surface area contributed by atoms with E-state index in [-0.39, 0.29) is 35.2 Å². The first-order valence-corrected chi connectivity index (χ1v) is 12.7. The molecule has 1 saturated heterocycles. The predicted octanol–water partition coefficient (Wildman–Crippen LogP) is 2.80. The SMILES string of the molecule is CCS(=O)(=O)c1ccc(S(=O)(=O)N2CCCN(c3ccc(C(F)(F)F)cn3)CC2)cc1. The van der Waals surface area contributed by atoms with E-state index in [1.807, 2.05) is 0 Å². The number of rotatable bonds is 5. The zero-order valence-corrected chi connectivity index (χ0v) is 18.3. The summed E-state index contributed by atoms with van der Waals surface area (Å²) in [5.41, 5.74) is -0.844. The van der Waals surface area contributed by atoms with E-state index in [0.717, 1.165) is 12.3 Å². The molecule has 0 N–H and O–H groups in total. The summed E-state index contributed by atoms with van der Waals surface area (Å²) in [6, 6.07) is 7.34. The Morgan fingerprint density at radius 1 is 0.903 bits per heavy atom. The van der Waals surface area contributed by atoms with Gasteiger partial charge in [0.25, 0.3) is 0 Å². The van der Waals surface area contributed by atoms with Crippen LogP contribution in [0.4, 0.5) is 19.0 Å². The van der Waals surface area contributed by atoms with E-state index in [9.17, 15) is 30.0 Å². The van der Waals surface area contributed by atoms with Crippen LogP contribution in [0.1, 0.15) is 18.9 Å². The maximum absolute atomic E-state index is 13.0. The predicted molar refractivity (Wildman–Crippen MR) is 109 cm³/mol. The lowest BCUT2D eigenvalue weighted by atomic mass is 10.2. The monoisotopic (exact) mass is 477 g/mol. The minimum atomic E-state index is -4.47. The van der Waals surface area contributed by atoms with Gasteiger partial charge in [-0.3, -0.25) is 0 Å². The molecule has 1 fully saturated rings. The second-order valence-corrected chi connectivity index (χ2v) is 11.2. The maximum Gasteiger partial charge on any atom is 0.417 e. The highest BCUT2D eigenvalue weighted by atomic mass is 32.2. The Balaban J connectivity index is 1.74. The molecule has 12 heteroatoms. The maximum atomic E-state index is 13.0. The van der Waals surface area contributed by atoms with Crippen LogP contribution in [0, 0.1) is 0 Å². The van der Waals surface area contributed by atoms with Crippen molar-refractivity contribution in [3.8, 4) is 0 Å². The van der Waals surface area contributed by atoms with Gasteiger partial charge < -0.3 is 4.90 Å². The van der Waals surface area contributed by atoms with Gasteiger partial charge in [-0.05, 0) is 42.8 Å². The number of anilines is 1. The van der Waals surface area contributed by atoms with Crippen molar-refractivity contribution in [2.45, 2.75) is 29.3 Å². The third-order valence-corrected chi connectivity index (χ3v) is 8.72. The molecule has 2 heterocycles. The number of hydrogen-bond donors (Lipinski definition) is 0. The average molecular weight is 478 g/mol. The number of hydrogen-bond acceptors (Lipinski definition) is 6. The van der Waals surface area contributed by atoms with Crippen LogP contribution in [0.25, 0.3) is 0 Å². The molecule has 0 unspecified atom stereocenters. The molecule has 0 spiro atoms. The molecule has 0 bridgehead atoms. The lowest BCUT2D eigenvalue weighted by molar-refractivity contribution is -0.137. The Morgan fingerprint density at radius 2 is 1.55 bits per heavy atom. The number of alkyl halides is 3. The first kappa shape index (κ1) is 23.5. The summed E-state index contributed by atoms with van der Waals surface area (Å²) in [5, 5.41) is 0. The zero-order chi connectivity index (χ0) is 22.9. The summed E-state index contributed by atoms with van der Waals surface area (Å²) in [5.74, 6) is 0.264. The van der Waals surface area contributed by atoms with Crippen molar-refractivity contribution in [3.63, 3.8) is 0 Å². The summed E-state index contributed by atoms with van der Waals surface area (Å²) in [6.45, 7) is 2.57. The van der Waals surface area contributed by atoms with Gasteiger partial charge in [-0.1, -0.05) is 6.92 Å². The fourth-order valence-corrected chi connectivity index (χ4v) is 5.59. The average Bonchev–Trinajstić information content (AvgIpc) is 3.00. The van der Waals surface area contributed by atoms with Crippen LogP contribution in [0.15, 0.2) is 52.4 Å². The van der Waals surface area contributed by atoms with Gasteiger partial charge in [0.2, 0.25) is 10.0 Å². The van der Waals surface area contributed by atoms with Gasteiger partial charge in [0, 0.05) is 32.4 Å². The van der Waals surface area contributed by atoms with E-state index in [1.165, 1.54) is 41.6 Å². The number of benzene rings is 1. The van der Waals surface area contributed by atoms with Crippen LogP contribution in [-0.2, 0) is 26.0 Å². The van der Waals surface area contributed by atoms with Crippen molar-refractivity contribution in [2.75, 3.05) is 36.8 Å². The standard InChI is InChI=1S/C19H22F3N3O4S2/c1-2-30(26,27)16-5-7-17(8-6-16)31(28,29)25-11-3-10-24(12-13-25)18-9-4-15(14-23-18)19(20,21)22/h4-9,14H,2-3,10-13H2,1H3. The molecule has 170 valence electrons. The summed E-state index contributed by atoms with van der Waals surface area (Å²) in [7, 11) is -7.28. The third kappa shape index (κ3) is 5.18. The Kier molecular flexibility index (Phi) is 6.63. The zero-order valence-electron chi connectivity index (χ0n) is 16.7. The van der Waals surface area contributed by atoms with Gasteiger partial charge in [-0.25, -0.2) is 21.8 Å². The molecule has 0 aliphatic carbocycles. The van der Waals surface area contributed by atoms with Gasteiger partial charge in [-0.15, -0.1) is 0 Å². The lowest BCUT2D eigenvalue weighted by Gasteiger charge is -2.23. The molecule has 0 saturated carbocycles. The molecule has 7 nitrogen and oxygen atoms in total. The van der Waals surface area contributed by atoms with Crippen LogP contribution in [-0.4, -0.2) is 58.1 Å². The van der Waals surface area contributed by atoms with Crippen LogP contribution < -0.4 is 4.90 Å². The largest absolute Gasteiger partial charge is 0.417 e. The van der Waals surface area contributed by atoms with Gasteiger partial charge in [0.15, 0.2) is 9.84 Å². The molecule has 31 heavy (non-hydrogen) atoms. The lowest BCUT2D eigenvalue weighted by Crippen LogP contribution is -2.35. The smallest absolute Gasteiger partial charge is 0.355 e. The van der Waals surface area contributed by atoms with Crippen LogP contribution in [0.3, 0.4) is 0 Å². The number of aromatic nitrogens is 1. The molecule has 1 aromatic carbocycles. The normalized spacial score (nSPS) is 16.8. The summed E-state index contributed by atoms with van der Waals surface area (Å²) in [4.78, 5) is 5.67. The first-order chi connectivity index (χ1) is 14.4. The van der Waals surface area contributed by atoms with Gasteiger partial charge in [0.1, 0.15) is 5.82 Å². The van der Waals surface area contributed by atoms with E-state index in [4.69, 9.17) is 0 Å². The van der Waals surface area contributed by atoms with Crippen molar-refractivity contribution in [3.05, 3.63) is 48.2 Å². The quantitative estimate of drug-likeness (QED) is 0.658. The molecule has 0 amide bonds. The van der Waals surface area contributed by atoms with Crippen molar-refractivity contribution in [2.24, 2.45) is 0 Å². The van der Waals surface area contributed by atoms with E-state index in [1.54, 1.807) is 4.90 Å². The van der Waals surface area contributed by atoms with Crippen LogP contribution >= 0.6 is 0 Å². The van der Waals surface area contributed by atoms with Gasteiger partial charge in [-0.2, -0.15) is 17.5 Å². The molecule has 1 aliphatic heterocycles. The fraction of sp³-hybridized carbons (Fsp3) is 0.421. The Morgan fingerprint density at radius 3 is 2.10 bits per heavy atom. The molecular weight excluding hydrogens is 455 g/mol. The third-order valence-electron chi connectivity index (χ3n) is 5.05. The first-order valence-electron chi connectivity index (χ1n) is 9.56. The Labute approximate surface area is 179 Å². The van der Waals surface area contributed by atoms with Gasteiger partial charge in [0.05, 0.1) is 21.1 Å². The van der Waals surface area contributed by atoms with Crippen LogP contribution in [0.5, 0.6) is 0 Å². The van der Waals surface area contributed by atoms with Gasteiger partial charge >= 0.3 is 6.18 Å². The number of nitrogens with zero attached hydrogens (tertiary/aromatic N) is 3. The van der Waals surface area contributed by atoms with E-state index in [2.05, 4.69) is 4.98 Å². The number of sulfone groups is 1. The number of pyridine rings is 1. The molecule has 0 atom stereocenters. The van der Waals surface area contributed by atoms with E-state index < -0.39 is 31.6 Å².